The van der Waals surface area contributed by atoms with Crippen LogP contribution in [0, 0.1) is 6.92 Å². The van der Waals surface area contributed by atoms with Gasteiger partial charge in [-0.15, -0.1) is 0 Å². The molecule has 0 aliphatic heterocycles. The lowest BCUT2D eigenvalue weighted by Crippen LogP contribution is -2.29. The Morgan fingerprint density at radius 1 is 1.24 bits per heavy atom. The van der Waals surface area contributed by atoms with Gasteiger partial charge < -0.3 is 5.32 Å². The van der Waals surface area contributed by atoms with Crippen LogP contribution < -0.4 is 5.32 Å². The summed E-state index contributed by atoms with van der Waals surface area (Å²) in [5.41, 5.74) is 0.399. The Bertz CT molecular complexity index is 772. The van der Waals surface area contributed by atoms with Gasteiger partial charge in [0, 0.05) is 29.0 Å². The Kier molecular flexibility index (Phi) is 5.65. The maximum atomic E-state index is 11.9. The standard InChI is InChI=1S/C11H13Cl2NO5S2/c1-7-5-8(6-9(10(7)12)21(13,18)19)11(15)14-3-4-20(2,16)17/h5-6H,3-4H2,1-2H3,(H,14,15). The van der Waals surface area contributed by atoms with E-state index in [1.165, 1.54) is 13.0 Å². The van der Waals surface area contributed by atoms with Crippen molar-refractivity contribution in [2.75, 3.05) is 18.6 Å². The Labute approximate surface area is 132 Å². The molecular weight excluding hydrogens is 361 g/mol. The maximum absolute atomic E-state index is 11.9. The SMILES string of the molecule is Cc1cc(C(=O)NCCS(C)(=O)=O)cc(S(=O)(=O)Cl)c1Cl. The lowest BCUT2D eigenvalue weighted by atomic mass is 10.1. The van der Waals surface area contributed by atoms with Crippen LogP contribution in [-0.2, 0) is 18.9 Å². The van der Waals surface area contributed by atoms with Crippen molar-refractivity contribution < 1.29 is 21.6 Å². The van der Waals surface area contributed by atoms with E-state index in [-0.39, 0.29) is 27.8 Å². The van der Waals surface area contributed by atoms with Gasteiger partial charge in [0.25, 0.3) is 15.0 Å². The van der Waals surface area contributed by atoms with Crippen LogP contribution in [0.3, 0.4) is 0 Å². The molecule has 0 bridgehead atoms. The summed E-state index contributed by atoms with van der Waals surface area (Å²) < 4.78 is 44.7. The molecule has 0 heterocycles. The topological polar surface area (TPSA) is 97.4 Å². The van der Waals surface area contributed by atoms with Crippen molar-refractivity contribution in [3.05, 3.63) is 28.3 Å². The Morgan fingerprint density at radius 3 is 2.29 bits per heavy atom. The van der Waals surface area contributed by atoms with Crippen molar-refractivity contribution >= 4 is 47.1 Å². The number of hydrogen-bond donors (Lipinski definition) is 1. The van der Waals surface area contributed by atoms with Gasteiger partial charge >= 0.3 is 0 Å². The van der Waals surface area contributed by atoms with E-state index >= 15 is 0 Å². The Balaban J connectivity index is 3.04. The average Bonchev–Trinajstić information content (AvgIpc) is 2.29. The van der Waals surface area contributed by atoms with Gasteiger partial charge in [0.1, 0.15) is 14.7 Å². The van der Waals surface area contributed by atoms with Gasteiger partial charge in [0.2, 0.25) is 0 Å². The molecule has 1 aromatic rings. The largest absolute Gasteiger partial charge is 0.351 e. The highest BCUT2D eigenvalue weighted by atomic mass is 35.7. The van der Waals surface area contributed by atoms with Crippen LogP contribution in [0.5, 0.6) is 0 Å². The molecule has 0 saturated heterocycles. The second-order valence-corrected chi connectivity index (χ2v) is 9.60. The maximum Gasteiger partial charge on any atom is 0.262 e. The van der Waals surface area contributed by atoms with Crippen LogP contribution in [0.25, 0.3) is 0 Å². The molecule has 1 amide bonds. The third-order valence-electron chi connectivity index (χ3n) is 2.50. The minimum atomic E-state index is -4.09. The fourth-order valence-corrected chi connectivity index (χ4v) is 3.51. The molecule has 0 fully saturated rings. The molecule has 10 heteroatoms. The van der Waals surface area contributed by atoms with E-state index in [4.69, 9.17) is 22.3 Å². The third kappa shape index (κ3) is 5.46. The number of rotatable bonds is 5. The number of amides is 1. The van der Waals surface area contributed by atoms with E-state index in [1.807, 2.05) is 0 Å². The van der Waals surface area contributed by atoms with E-state index in [1.54, 1.807) is 0 Å². The molecule has 0 unspecified atom stereocenters. The summed E-state index contributed by atoms with van der Waals surface area (Å²) in [5.74, 6) is -0.827. The molecule has 0 saturated carbocycles. The number of aryl methyl sites for hydroxylation is 1. The number of sulfone groups is 1. The highest BCUT2D eigenvalue weighted by molar-refractivity contribution is 8.13. The van der Waals surface area contributed by atoms with Gasteiger partial charge in [-0.05, 0) is 24.6 Å². The highest BCUT2D eigenvalue weighted by Gasteiger charge is 2.20. The molecule has 1 rings (SSSR count). The summed E-state index contributed by atoms with van der Waals surface area (Å²) in [6.07, 6.45) is 1.05. The number of hydrogen-bond acceptors (Lipinski definition) is 5. The number of carbonyl (C=O) groups excluding carboxylic acids is 1. The lowest BCUT2D eigenvalue weighted by Gasteiger charge is -2.09. The minimum absolute atomic E-state index is 0.0321. The molecule has 1 aromatic carbocycles. The van der Waals surface area contributed by atoms with Crippen molar-refractivity contribution in [2.24, 2.45) is 0 Å². The van der Waals surface area contributed by atoms with E-state index in [0.29, 0.717) is 5.56 Å². The normalized spacial score (nSPS) is 12.2. The van der Waals surface area contributed by atoms with Crippen molar-refractivity contribution in [1.82, 2.24) is 5.32 Å². The number of benzene rings is 1. The molecule has 0 aromatic heterocycles. The average molecular weight is 374 g/mol. The summed E-state index contributed by atoms with van der Waals surface area (Å²) in [6.45, 7) is 1.45. The van der Waals surface area contributed by atoms with Crippen LogP contribution in [0.4, 0.5) is 0 Å². The van der Waals surface area contributed by atoms with Crippen LogP contribution in [0.1, 0.15) is 15.9 Å². The summed E-state index contributed by atoms with van der Waals surface area (Å²) >= 11 is 5.84. The molecule has 118 valence electrons. The van der Waals surface area contributed by atoms with Gasteiger partial charge in [-0.1, -0.05) is 11.6 Å². The van der Waals surface area contributed by atoms with Crippen LogP contribution in [0.2, 0.25) is 5.02 Å². The number of halogens is 2. The van der Waals surface area contributed by atoms with Gasteiger partial charge in [0.15, 0.2) is 0 Å². The molecule has 21 heavy (non-hydrogen) atoms. The van der Waals surface area contributed by atoms with Crippen molar-refractivity contribution in [3.8, 4) is 0 Å². The minimum Gasteiger partial charge on any atom is -0.351 e. The second kappa shape index (κ2) is 6.51. The first-order valence-corrected chi connectivity index (χ1v) is 10.4. The fraction of sp³-hybridized carbons (Fsp3) is 0.364. The monoisotopic (exact) mass is 373 g/mol. The molecule has 0 aliphatic rings. The predicted molar refractivity (Wildman–Crippen MR) is 81.3 cm³/mol. The predicted octanol–water partition coefficient (Wildman–Crippen LogP) is 1.35. The smallest absolute Gasteiger partial charge is 0.262 e. The molecule has 0 aliphatic carbocycles. The Hall–Kier alpha value is -0.830. The van der Waals surface area contributed by atoms with Gasteiger partial charge in [0.05, 0.1) is 10.8 Å². The van der Waals surface area contributed by atoms with Crippen LogP contribution in [-0.4, -0.2) is 41.3 Å². The van der Waals surface area contributed by atoms with Crippen LogP contribution in [0.15, 0.2) is 17.0 Å². The summed E-state index contributed by atoms with van der Waals surface area (Å²) in [4.78, 5) is 11.5. The van der Waals surface area contributed by atoms with E-state index in [2.05, 4.69) is 5.32 Å². The summed E-state index contributed by atoms with van der Waals surface area (Å²) in [5, 5.41) is 2.32. The third-order valence-corrected chi connectivity index (χ3v) is 5.41. The first-order chi connectivity index (χ1) is 9.42. The van der Waals surface area contributed by atoms with Crippen molar-refractivity contribution in [3.63, 3.8) is 0 Å². The first-order valence-electron chi connectivity index (χ1n) is 5.62. The summed E-state index contributed by atoms with van der Waals surface area (Å²) in [6, 6.07) is 2.44. The molecule has 0 radical (unpaired) electrons. The van der Waals surface area contributed by atoms with Gasteiger partial charge in [-0.2, -0.15) is 0 Å². The zero-order valence-electron chi connectivity index (χ0n) is 11.2. The first kappa shape index (κ1) is 18.2. The molecule has 1 N–H and O–H groups in total. The molecule has 0 atom stereocenters. The van der Waals surface area contributed by atoms with Crippen LogP contribution >= 0.6 is 22.3 Å². The Morgan fingerprint density at radius 2 is 1.81 bits per heavy atom. The van der Waals surface area contributed by atoms with E-state index in [0.717, 1.165) is 12.3 Å². The highest BCUT2D eigenvalue weighted by Crippen LogP contribution is 2.29. The molecular formula is C11H13Cl2NO5S2. The number of nitrogens with one attached hydrogen (secondary N) is 1. The van der Waals surface area contributed by atoms with Gasteiger partial charge in [-0.25, -0.2) is 16.8 Å². The van der Waals surface area contributed by atoms with Crippen molar-refractivity contribution in [1.29, 1.82) is 0 Å². The summed E-state index contributed by atoms with van der Waals surface area (Å²) in [7, 11) is -2.04. The number of carbonyl (C=O) groups is 1. The van der Waals surface area contributed by atoms with E-state index in [9.17, 15) is 21.6 Å². The molecule has 6 nitrogen and oxygen atoms in total. The van der Waals surface area contributed by atoms with E-state index < -0.39 is 24.8 Å². The fourth-order valence-electron chi connectivity index (χ4n) is 1.50. The second-order valence-electron chi connectivity index (χ2n) is 4.43. The zero-order chi connectivity index (χ0) is 16.4. The van der Waals surface area contributed by atoms with Crippen molar-refractivity contribution in [2.45, 2.75) is 11.8 Å². The van der Waals surface area contributed by atoms with Gasteiger partial charge in [-0.3, -0.25) is 4.79 Å². The molecule has 0 spiro atoms. The quantitative estimate of drug-likeness (QED) is 0.785. The lowest BCUT2D eigenvalue weighted by molar-refractivity contribution is 0.0956. The zero-order valence-corrected chi connectivity index (χ0v) is 14.3.